The van der Waals surface area contributed by atoms with Gasteiger partial charge >= 0.3 is 0 Å². The van der Waals surface area contributed by atoms with Gasteiger partial charge in [-0.3, -0.25) is 4.79 Å². The highest BCUT2D eigenvalue weighted by molar-refractivity contribution is 5.76. The van der Waals surface area contributed by atoms with Crippen LogP contribution in [0.3, 0.4) is 0 Å². The van der Waals surface area contributed by atoms with E-state index >= 15 is 0 Å². The summed E-state index contributed by atoms with van der Waals surface area (Å²) in [5.74, 6) is 1.24. The van der Waals surface area contributed by atoms with Gasteiger partial charge in [-0.1, -0.05) is 25.1 Å². The van der Waals surface area contributed by atoms with Crippen molar-refractivity contribution in [2.75, 3.05) is 13.1 Å². The third kappa shape index (κ3) is 4.45. The van der Waals surface area contributed by atoms with E-state index in [-0.39, 0.29) is 5.91 Å². The highest BCUT2D eigenvalue weighted by atomic mass is 16.1. The average Bonchev–Trinajstić information content (AvgIpc) is 3.10. The summed E-state index contributed by atoms with van der Waals surface area (Å²) >= 11 is 0. The second-order valence-electron chi connectivity index (χ2n) is 6.67. The molecule has 3 rings (SSSR count). The zero-order chi connectivity index (χ0) is 16.8. The minimum Gasteiger partial charge on any atom is -0.352 e. The number of piperidine rings is 1. The quantitative estimate of drug-likeness (QED) is 0.857. The van der Waals surface area contributed by atoms with Crippen LogP contribution in [0.15, 0.2) is 42.7 Å². The summed E-state index contributed by atoms with van der Waals surface area (Å²) in [6, 6.07) is 9.98. The molecule has 0 radical (unpaired) electrons. The van der Waals surface area contributed by atoms with Gasteiger partial charge in [0, 0.05) is 24.7 Å². The van der Waals surface area contributed by atoms with E-state index < -0.39 is 0 Å². The lowest BCUT2D eigenvalue weighted by atomic mass is 9.84. The van der Waals surface area contributed by atoms with Crippen LogP contribution in [0, 0.1) is 11.8 Å². The van der Waals surface area contributed by atoms with E-state index in [0.29, 0.717) is 24.8 Å². The standard InChI is InChI=1S/C19H26N4O/c1-15(17-7-9-20-10-8-17)11-19(24)21-12-16-13-22-23(14-16)18-5-3-2-4-6-18/h2-6,13-15,17,20H,7-12H2,1H3,(H,21,24). The second-order valence-corrected chi connectivity index (χ2v) is 6.67. The van der Waals surface area contributed by atoms with Crippen LogP contribution in [-0.2, 0) is 11.3 Å². The summed E-state index contributed by atoms with van der Waals surface area (Å²) in [7, 11) is 0. The summed E-state index contributed by atoms with van der Waals surface area (Å²) in [5.41, 5.74) is 2.04. The summed E-state index contributed by atoms with van der Waals surface area (Å²) < 4.78 is 1.83. The first-order valence-corrected chi connectivity index (χ1v) is 8.79. The number of para-hydroxylation sites is 1. The number of hydrogen-bond acceptors (Lipinski definition) is 3. The van der Waals surface area contributed by atoms with E-state index in [9.17, 15) is 4.79 Å². The third-order valence-corrected chi connectivity index (χ3v) is 4.84. The maximum Gasteiger partial charge on any atom is 0.220 e. The van der Waals surface area contributed by atoms with E-state index in [4.69, 9.17) is 0 Å². The number of carbonyl (C=O) groups is 1. The Morgan fingerprint density at radius 2 is 2.08 bits per heavy atom. The Morgan fingerprint density at radius 3 is 2.83 bits per heavy atom. The minimum atomic E-state index is 0.133. The molecule has 0 bridgehead atoms. The zero-order valence-electron chi connectivity index (χ0n) is 14.2. The molecule has 1 fully saturated rings. The molecule has 1 unspecified atom stereocenters. The van der Waals surface area contributed by atoms with Crippen LogP contribution in [-0.4, -0.2) is 28.8 Å². The number of amides is 1. The van der Waals surface area contributed by atoms with E-state index in [1.807, 2.05) is 47.4 Å². The molecule has 0 aliphatic carbocycles. The summed E-state index contributed by atoms with van der Waals surface area (Å²) in [6.45, 7) is 4.89. The second kappa shape index (κ2) is 8.11. The van der Waals surface area contributed by atoms with Gasteiger partial charge in [0.05, 0.1) is 11.9 Å². The van der Waals surface area contributed by atoms with Crippen molar-refractivity contribution in [2.24, 2.45) is 11.8 Å². The molecule has 1 amide bonds. The van der Waals surface area contributed by atoms with Gasteiger partial charge in [0.1, 0.15) is 0 Å². The normalized spacial score (nSPS) is 16.7. The molecular formula is C19H26N4O. The molecule has 128 valence electrons. The Labute approximate surface area is 143 Å². The summed E-state index contributed by atoms with van der Waals surface area (Å²) in [5, 5.41) is 10.8. The molecule has 0 spiro atoms. The van der Waals surface area contributed by atoms with Crippen LogP contribution in [0.2, 0.25) is 0 Å². The van der Waals surface area contributed by atoms with Crippen LogP contribution < -0.4 is 10.6 Å². The van der Waals surface area contributed by atoms with Crippen molar-refractivity contribution < 1.29 is 4.79 Å². The lowest BCUT2D eigenvalue weighted by Gasteiger charge is -2.27. The first kappa shape index (κ1) is 16.7. The fourth-order valence-electron chi connectivity index (χ4n) is 3.32. The lowest BCUT2D eigenvalue weighted by Crippen LogP contribution is -2.33. The molecule has 2 N–H and O–H groups in total. The minimum absolute atomic E-state index is 0.133. The van der Waals surface area contributed by atoms with Crippen molar-refractivity contribution in [3.05, 3.63) is 48.3 Å². The van der Waals surface area contributed by atoms with E-state index in [2.05, 4.69) is 22.7 Å². The number of rotatable bonds is 6. The van der Waals surface area contributed by atoms with Crippen molar-refractivity contribution in [3.8, 4) is 5.69 Å². The zero-order valence-corrected chi connectivity index (χ0v) is 14.2. The molecule has 1 atom stereocenters. The largest absolute Gasteiger partial charge is 0.352 e. The fraction of sp³-hybridized carbons (Fsp3) is 0.474. The molecule has 2 aromatic rings. The van der Waals surface area contributed by atoms with Gasteiger partial charge in [0.25, 0.3) is 0 Å². The van der Waals surface area contributed by atoms with Crippen LogP contribution in [0.25, 0.3) is 5.69 Å². The Hall–Kier alpha value is -2.14. The molecule has 5 nitrogen and oxygen atoms in total. The fourth-order valence-corrected chi connectivity index (χ4v) is 3.32. The van der Waals surface area contributed by atoms with Crippen LogP contribution in [0.1, 0.15) is 31.7 Å². The molecule has 1 aliphatic heterocycles. The van der Waals surface area contributed by atoms with Gasteiger partial charge in [-0.2, -0.15) is 5.10 Å². The maximum absolute atomic E-state index is 12.2. The predicted octanol–water partition coefficient (Wildman–Crippen LogP) is 2.51. The number of nitrogens with one attached hydrogen (secondary N) is 2. The monoisotopic (exact) mass is 326 g/mol. The van der Waals surface area contributed by atoms with Crippen molar-refractivity contribution in [1.29, 1.82) is 0 Å². The SMILES string of the molecule is CC(CC(=O)NCc1cnn(-c2ccccc2)c1)C1CCNCC1. The Morgan fingerprint density at radius 1 is 1.33 bits per heavy atom. The summed E-state index contributed by atoms with van der Waals surface area (Å²) in [6.07, 6.45) is 6.74. The Bertz CT molecular complexity index is 646. The smallest absolute Gasteiger partial charge is 0.220 e. The third-order valence-electron chi connectivity index (χ3n) is 4.84. The van der Waals surface area contributed by atoms with E-state index in [1.165, 1.54) is 12.8 Å². The lowest BCUT2D eigenvalue weighted by molar-refractivity contribution is -0.122. The molecule has 1 aliphatic rings. The highest BCUT2D eigenvalue weighted by Crippen LogP contribution is 2.24. The van der Waals surface area contributed by atoms with Gasteiger partial charge in [-0.15, -0.1) is 0 Å². The Balaban J connectivity index is 1.47. The van der Waals surface area contributed by atoms with Gasteiger partial charge in [-0.25, -0.2) is 4.68 Å². The highest BCUT2D eigenvalue weighted by Gasteiger charge is 2.21. The molecule has 5 heteroatoms. The van der Waals surface area contributed by atoms with Crippen LogP contribution in [0.4, 0.5) is 0 Å². The van der Waals surface area contributed by atoms with Gasteiger partial charge in [0.15, 0.2) is 0 Å². The van der Waals surface area contributed by atoms with Crippen molar-refractivity contribution >= 4 is 5.91 Å². The van der Waals surface area contributed by atoms with Crippen molar-refractivity contribution in [1.82, 2.24) is 20.4 Å². The van der Waals surface area contributed by atoms with Gasteiger partial charge in [0.2, 0.25) is 5.91 Å². The first-order chi connectivity index (χ1) is 11.7. The van der Waals surface area contributed by atoms with Crippen molar-refractivity contribution in [3.63, 3.8) is 0 Å². The number of nitrogens with zero attached hydrogens (tertiary/aromatic N) is 2. The van der Waals surface area contributed by atoms with Crippen molar-refractivity contribution in [2.45, 2.75) is 32.7 Å². The number of benzene rings is 1. The van der Waals surface area contributed by atoms with Gasteiger partial charge in [-0.05, 0) is 49.9 Å². The molecule has 1 saturated heterocycles. The molecule has 1 aromatic heterocycles. The van der Waals surface area contributed by atoms with E-state index in [1.54, 1.807) is 0 Å². The van der Waals surface area contributed by atoms with Crippen LogP contribution in [0.5, 0.6) is 0 Å². The van der Waals surface area contributed by atoms with E-state index in [0.717, 1.165) is 24.3 Å². The molecule has 2 heterocycles. The number of carbonyl (C=O) groups excluding carboxylic acids is 1. The molecule has 0 saturated carbocycles. The predicted molar refractivity (Wildman–Crippen MR) is 94.8 cm³/mol. The number of hydrogen-bond donors (Lipinski definition) is 2. The maximum atomic E-state index is 12.2. The van der Waals surface area contributed by atoms with Gasteiger partial charge < -0.3 is 10.6 Å². The Kier molecular flexibility index (Phi) is 5.64. The topological polar surface area (TPSA) is 59.0 Å². The number of aromatic nitrogens is 2. The molecule has 24 heavy (non-hydrogen) atoms. The average molecular weight is 326 g/mol. The van der Waals surface area contributed by atoms with Crippen LogP contribution >= 0.6 is 0 Å². The summed E-state index contributed by atoms with van der Waals surface area (Å²) in [4.78, 5) is 12.2. The molecular weight excluding hydrogens is 300 g/mol. The molecule has 1 aromatic carbocycles. The first-order valence-electron chi connectivity index (χ1n) is 8.79.